The molecule has 13 heavy (non-hydrogen) atoms. The second kappa shape index (κ2) is 5.30. The smallest absolute Gasteiger partial charge is 0.0520 e. The van der Waals surface area contributed by atoms with E-state index in [4.69, 9.17) is 5.11 Å². The van der Waals surface area contributed by atoms with Crippen molar-refractivity contribution in [2.75, 3.05) is 5.75 Å². The van der Waals surface area contributed by atoms with E-state index in [-0.39, 0.29) is 6.10 Å². The second-order valence-corrected chi connectivity index (χ2v) is 4.47. The first-order chi connectivity index (χ1) is 6.18. The fourth-order valence-electron chi connectivity index (χ4n) is 1.05. The Bertz CT molecular complexity index is 258. The molecule has 0 aromatic heterocycles. The van der Waals surface area contributed by atoms with E-state index in [9.17, 15) is 0 Å². The maximum absolute atomic E-state index is 9.07. The highest BCUT2D eigenvalue weighted by Gasteiger charge is 1.97. The van der Waals surface area contributed by atoms with Crippen LogP contribution in [0.5, 0.6) is 0 Å². The van der Waals surface area contributed by atoms with Crippen molar-refractivity contribution in [1.29, 1.82) is 0 Å². The molecule has 0 aliphatic carbocycles. The van der Waals surface area contributed by atoms with Gasteiger partial charge in [-0.05, 0) is 32.4 Å². The maximum atomic E-state index is 9.07. The summed E-state index contributed by atoms with van der Waals surface area (Å²) in [5.74, 6) is 0.987. The van der Waals surface area contributed by atoms with Crippen LogP contribution >= 0.6 is 11.8 Å². The average molecular weight is 196 g/mol. The van der Waals surface area contributed by atoms with Crippen molar-refractivity contribution in [3.05, 3.63) is 29.8 Å². The highest BCUT2D eigenvalue weighted by molar-refractivity contribution is 7.99. The number of thioether (sulfide) groups is 1. The minimum atomic E-state index is -0.183. The van der Waals surface area contributed by atoms with Gasteiger partial charge in [0.05, 0.1) is 6.10 Å². The average Bonchev–Trinajstić information content (AvgIpc) is 2.03. The molecule has 0 saturated carbocycles. The predicted octanol–water partition coefficient (Wildman–Crippen LogP) is 2.86. The zero-order chi connectivity index (χ0) is 9.68. The quantitative estimate of drug-likeness (QED) is 0.747. The van der Waals surface area contributed by atoms with Crippen LogP contribution in [0.4, 0.5) is 0 Å². The fourth-order valence-corrected chi connectivity index (χ4v) is 2.19. The van der Waals surface area contributed by atoms with E-state index < -0.39 is 0 Å². The third kappa shape index (κ3) is 4.34. The molecule has 1 unspecified atom stereocenters. The van der Waals surface area contributed by atoms with Crippen LogP contribution in [0.25, 0.3) is 0 Å². The van der Waals surface area contributed by atoms with E-state index in [1.54, 1.807) is 11.8 Å². The summed E-state index contributed by atoms with van der Waals surface area (Å²) < 4.78 is 0. The molecule has 0 aliphatic heterocycles. The lowest BCUT2D eigenvalue weighted by Crippen LogP contribution is -2.00. The highest BCUT2D eigenvalue weighted by atomic mass is 32.2. The molecule has 0 aliphatic rings. The molecule has 1 atom stereocenters. The number of benzene rings is 1. The van der Waals surface area contributed by atoms with Crippen molar-refractivity contribution in [1.82, 2.24) is 0 Å². The van der Waals surface area contributed by atoms with Gasteiger partial charge in [0, 0.05) is 10.6 Å². The number of hydrogen-bond donors (Lipinski definition) is 1. The zero-order valence-electron chi connectivity index (χ0n) is 8.16. The molecule has 72 valence electrons. The van der Waals surface area contributed by atoms with Gasteiger partial charge in [0.1, 0.15) is 0 Å². The molecule has 0 saturated heterocycles. The summed E-state index contributed by atoms with van der Waals surface area (Å²) in [5, 5.41) is 9.07. The van der Waals surface area contributed by atoms with E-state index in [2.05, 4.69) is 31.2 Å². The van der Waals surface area contributed by atoms with Gasteiger partial charge in [-0.1, -0.05) is 17.7 Å². The van der Waals surface area contributed by atoms with Gasteiger partial charge < -0.3 is 5.11 Å². The Balaban J connectivity index is 2.37. The van der Waals surface area contributed by atoms with Crippen molar-refractivity contribution in [2.45, 2.75) is 31.3 Å². The van der Waals surface area contributed by atoms with Crippen LogP contribution in [-0.4, -0.2) is 17.0 Å². The number of rotatable bonds is 4. The van der Waals surface area contributed by atoms with Crippen LogP contribution in [0.15, 0.2) is 29.2 Å². The molecule has 0 heterocycles. The summed E-state index contributed by atoms with van der Waals surface area (Å²) in [6.07, 6.45) is 0.677. The minimum Gasteiger partial charge on any atom is -0.393 e. The van der Waals surface area contributed by atoms with Crippen LogP contribution < -0.4 is 0 Å². The summed E-state index contributed by atoms with van der Waals surface area (Å²) in [7, 11) is 0. The standard InChI is InChI=1S/C11H16OS/c1-9-4-3-5-11(8-9)13-7-6-10(2)12/h3-5,8,10,12H,6-7H2,1-2H3. The summed E-state index contributed by atoms with van der Waals surface area (Å²) in [4.78, 5) is 1.29. The van der Waals surface area contributed by atoms with Gasteiger partial charge in [-0.25, -0.2) is 0 Å². The third-order valence-electron chi connectivity index (χ3n) is 1.79. The Labute approximate surface area is 84.2 Å². The van der Waals surface area contributed by atoms with E-state index in [1.807, 2.05) is 6.92 Å². The fraction of sp³-hybridized carbons (Fsp3) is 0.455. The number of hydrogen-bond acceptors (Lipinski definition) is 2. The van der Waals surface area contributed by atoms with E-state index in [0.29, 0.717) is 0 Å². The summed E-state index contributed by atoms with van der Waals surface area (Å²) in [5.41, 5.74) is 1.29. The molecule has 1 aromatic carbocycles. The van der Waals surface area contributed by atoms with Gasteiger partial charge in [0.15, 0.2) is 0 Å². The van der Waals surface area contributed by atoms with Gasteiger partial charge in [-0.3, -0.25) is 0 Å². The molecule has 1 nitrogen and oxygen atoms in total. The van der Waals surface area contributed by atoms with Crippen LogP contribution in [0.1, 0.15) is 18.9 Å². The SMILES string of the molecule is Cc1cccc(SCCC(C)O)c1. The lowest BCUT2D eigenvalue weighted by molar-refractivity contribution is 0.192. The monoisotopic (exact) mass is 196 g/mol. The molecule has 0 fully saturated rings. The molecule has 0 amide bonds. The normalized spacial score (nSPS) is 12.8. The largest absolute Gasteiger partial charge is 0.393 e. The highest BCUT2D eigenvalue weighted by Crippen LogP contribution is 2.19. The molecule has 2 heteroatoms. The van der Waals surface area contributed by atoms with Gasteiger partial charge >= 0.3 is 0 Å². The molecule has 1 N–H and O–H groups in total. The Morgan fingerprint density at radius 1 is 1.46 bits per heavy atom. The van der Waals surface area contributed by atoms with Crippen molar-refractivity contribution < 1.29 is 5.11 Å². The zero-order valence-corrected chi connectivity index (χ0v) is 8.97. The first-order valence-corrected chi connectivity index (χ1v) is 5.54. The Morgan fingerprint density at radius 2 is 2.23 bits per heavy atom. The summed E-state index contributed by atoms with van der Waals surface area (Å²) in [6.45, 7) is 3.93. The number of aliphatic hydroxyl groups is 1. The third-order valence-corrected chi connectivity index (χ3v) is 2.82. The first kappa shape index (κ1) is 10.6. The van der Waals surface area contributed by atoms with Crippen LogP contribution in [0, 0.1) is 6.92 Å². The molecule has 0 spiro atoms. The molecule has 0 bridgehead atoms. The Kier molecular flexibility index (Phi) is 4.33. The van der Waals surface area contributed by atoms with E-state index in [1.165, 1.54) is 10.5 Å². The number of aryl methyl sites for hydroxylation is 1. The molecular formula is C11H16OS. The van der Waals surface area contributed by atoms with Crippen LogP contribution in [0.2, 0.25) is 0 Å². The van der Waals surface area contributed by atoms with Crippen molar-refractivity contribution in [3.8, 4) is 0 Å². The minimum absolute atomic E-state index is 0.183. The second-order valence-electron chi connectivity index (χ2n) is 3.30. The van der Waals surface area contributed by atoms with Crippen molar-refractivity contribution >= 4 is 11.8 Å². The van der Waals surface area contributed by atoms with E-state index >= 15 is 0 Å². The molecular weight excluding hydrogens is 180 g/mol. The summed E-state index contributed by atoms with van der Waals surface area (Å²) >= 11 is 1.80. The lowest BCUT2D eigenvalue weighted by atomic mass is 10.2. The molecule has 1 rings (SSSR count). The number of aliphatic hydroxyl groups excluding tert-OH is 1. The molecule has 1 aromatic rings. The summed E-state index contributed by atoms with van der Waals surface area (Å²) in [6, 6.07) is 8.45. The van der Waals surface area contributed by atoms with Gasteiger partial charge in [-0.2, -0.15) is 0 Å². The van der Waals surface area contributed by atoms with E-state index in [0.717, 1.165) is 12.2 Å². The van der Waals surface area contributed by atoms with Crippen molar-refractivity contribution in [2.24, 2.45) is 0 Å². The van der Waals surface area contributed by atoms with Crippen LogP contribution in [-0.2, 0) is 0 Å². The first-order valence-electron chi connectivity index (χ1n) is 4.56. The topological polar surface area (TPSA) is 20.2 Å². The van der Waals surface area contributed by atoms with Gasteiger partial charge in [0.25, 0.3) is 0 Å². The lowest BCUT2D eigenvalue weighted by Gasteiger charge is -2.04. The maximum Gasteiger partial charge on any atom is 0.0520 e. The van der Waals surface area contributed by atoms with Gasteiger partial charge in [-0.15, -0.1) is 11.8 Å². The van der Waals surface area contributed by atoms with Crippen molar-refractivity contribution in [3.63, 3.8) is 0 Å². The Hall–Kier alpha value is -0.470. The van der Waals surface area contributed by atoms with Gasteiger partial charge in [0.2, 0.25) is 0 Å². The van der Waals surface area contributed by atoms with Crippen LogP contribution in [0.3, 0.4) is 0 Å². The Morgan fingerprint density at radius 3 is 2.85 bits per heavy atom. The molecule has 0 radical (unpaired) electrons. The predicted molar refractivity (Wildman–Crippen MR) is 58.2 cm³/mol.